The molecule has 2 N–H and O–H groups in total. The maximum atomic E-state index is 12.4. The van der Waals surface area contributed by atoms with Crippen LogP contribution in [0.25, 0.3) is 17.1 Å². The molecule has 0 radical (unpaired) electrons. The molecular weight excluding hydrogens is 306 g/mol. The summed E-state index contributed by atoms with van der Waals surface area (Å²) in [7, 11) is 0. The summed E-state index contributed by atoms with van der Waals surface area (Å²) >= 11 is 0. The van der Waals surface area contributed by atoms with Gasteiger partial charge in [-0.1, -0.05) is 19.1 Å². The van der Waals surface area contributed by atoms with Gasteiger partial charge in [-0.2, -0.15) is 9.46 Å². The molecule has 0 bridgehead atoms. The average molecular weight is 325 g/mol. The fraction of sp³-hybridized carbons (Fsp3) is 0.235. The van der Waals surface area contributed by atoms with E-state index in [2.05, 4.69) is 11.9 Å². The van der Waals surface area contributed by atoms with E-state index in [1.54, 1.807) is 42.6 Å². The normalized spacial score (nSPS) is 17.7. The number of hydrogen-bond donors (Lipinski definition) is 1. The van der Waals surface area contributed by atoms with Crippen molar-refractivity contribution in [1.82, 2.24) is 4.90 Å². The molecular formula is C17H19N5O2. The second-order valence-electron chi connectivity index (χ2n) is 5.55. The maximum Gasteiger partial charge on any atom is 0.290 e. The number of nitrogens with two attached hydrogens (primary N) is 1. The van der Waals surface area contributed by atoms with Crippen molar-refractivity contribution in [2.24, 2.45) is 10.7 Å². The van der Waals surface area contributed by atoms with Crippen LogP contribution in [0.15, 0.2) is 53.3 Å². The SMILES string of the molecule is CCCN1C=C(C=Cc2c[n+]([O-])c3ccccc3[n+]2[O-])C=NC1N. The molecule has 0 spiro atoms. The summed E-state index contributed by atoms with van der Waals surface area (Å²) in [4.78, 5) is 6.15. The minimum absolute atomic E-state index is 0.259. The second kappa shape index (κ2) is 6.67. The van der Waals surface area contributed by atoms with Crippen molar-refractivity contribution in [2.75, 3.05) is 6.54 Å². The quantitative estimate of drug-likeness (QED) is 0.671. The highest BCUT2D eigenvalue weighted by Gasteiger charge is 2.17. The Morgan fingerprint density at radius 1 is 1.25 bits per heavy atom. The lowest BCUT2D eigenvalue weighted by molar-refractivity contribution is -0.630. The van der Waals surface area contributed by atoms with E-state index in [4.69, 9.17) is 5.73 Å². The van der Waals surface area contributed by atoms with Crippen LogP contribution in [-0.4, -0.2) is 23.9 Å². The average Bonchev–Trinajstić information content (AvgIpc) is 2.59. The van der Waals surface area contributed by atoms with Crippen LogP contribution in [0.5, 0.6) is 0 Å². The highest BCUT2D eigenvalue weighted by Crippen LogP contribution is 2.11. The molecule has 24 heavy (non-hydrogen) atoms. The van der Waals surface area contributed by atoms with Gasteiger partial charge in [0.2, 0.25) is 0 Å². The summed E-state index contributed by atoms with van der Waals surface area (Å²) in [5, 5.41) is 24.4. The largest absolute Gasteiger partial charge is 0.618 e. The van der Waals surface area contributed by atoms with Crippen molar-refractivity contribution in [3.8, 4) is 0 Å². The molecule has 1 aliphatic heterocycles. The summed E-state index contributed by atoms with van der Waals surface area (Å²) in [5.41, 5.74) is 7.64. The van der Waals surface area contributed by atoms with Crippen molar-refractivity contribution in [1.29, 1.82) is 0 Å². The van der Waals surface area contributed by atoms with E-state index in [9.17, 15) is 10.4 Å². The molecule has 1 atom stereocenters. The fourth-order valence-corrected chi connectivity index (χ4v) is 2.59. The molecule has 2 aromatic rings. The van der Waals surface area contributed by atoms with Gasteiger partial charge in [-0.25, -0.2) is 0 Å². The van der Waals surface area contributed by atoms with Crippen LogP contribution in [0.3, 0.4) is 0 Å². The van der Waals surface area contributed by atoms with Crippen molar-refractivity contribution in [2.45, 2.75) is 19.6 Å². The molecule has 0 fully saturated rings. The van der Waals surface area contributed by atoms with Gasteiger partial charge in [-0.05, 0) is 12.5 Å². The van der Waals surface area contributed by atoms with Crippen LogP contribution < -0.4 is 15.2 Å². The first-order valence-corrected chi connectivity index (χ1v) is 7.79. The minimum Gasteiger partial charge on any atom is -0.618 e. The van der Waals surface area contributed by atoms with Gasteiger partial charge in [-0.3, -0.25) is 10.7 Å². The summed E-state index contributed by atoms with van der Waals surface area (Å²) < 4.78 is 1.45. The van der Waals surface area contributed by atoms with Gasteiger partial charge in [0.05, 0.1) is 0 Å². The number of para-hydroxylation sites is 2. The third-order valence-corrected chi connectivity index (χ3v) is 3.78. The van der Waals surface area contributed by atoms with E-state index < -0.39 is 0 Å². The lowest BCUT2D eigenvalue weighted by Gasteiger charge is -2.27. The van der Waals surface area contributed by atoms with Crippen LogP contribution in [-0.2, 0) is 0 Å². The van der Waals surface area contributed by atoms with Gasteiger partial charge in [0, 0.05) is 42.7 Å². The molecule has 124 valence electrons. The van der Waals surface area contributed by atoms with Gasteiger partial charge < -0.3 is 15.3 Å². The molecule has 0 aliphatic carbocycles. The fourth-order valence-electron chi connectivity index (χ4n) is 2.59. The Kier molecular flexibility index (Phi) is 4.43. The zero-order valence-corrected chi connectivity index (χ0v) is 13.4. The molecule has 0 saturated heterocycles. The molecule has 1 unspecified atom stereocenters. The number of aromatic nitrogens is 2. The maximum absolute atomic E-state index is 12.4. The first-order chi connectivity index (χ1) is 11.6. The van der Waals surface area contributed by atoms with Crippen LogP contribution in [0.4, 0.5) is 0 Å². The van der Waals surface area contributed by atoms with E-state index in [1.807, 2.05) is 11.1 Å². The summed E-state index contributed by atoms with van der Waals surface area (Å²) in [6.07, 6.45) is 8.76. The molecule has 1 aromatic carbocycles. The first-order valence-electron chi connectivity index (χ1n) is 7.79. The highest BCUT2D eigenvalue weighted by molar-refractivity contribution is 5.84. The number of allylic oxidation sites excluding steroid dienone is 2. The summed E-state index contributed by atoms with van der Waals surface area (Å²) in [6.45, 7) is 2.87. The van der Waals surface area contributed by atoms with Gasteiger partial charge in [0.15, 0.2) is 6.29 Å². The molecule has 1 aliphatic rings. The Morgan fingerprint density at radius 3 is 2.75 bits per heavy atom. The van der Waals surface area contributed by atoms with Crippen LogP contribution >= 0.6 is 0 Å². The number of fused-ring (bicyclic) bond motifs is 1. The molecule has 2 heterocycles. The predicted octanol–water partition coefficient (Wildman–Crippen LogP) is 1.04. The molecule has 7 nitrogen and oxygen atoms in total. The van der Waals surface area contributed by atoms with Crippen LogP contribution in [0, 0.1) is 10.4 Å². The highest BCUT2D eigenvalue weighted by atomic mass is 16.5. The van der Waals surface area contributed by atoms with Crippen molar-refractivity contribution >= 4 is 23.3 Å². The lowest BCUT2D eigenvalue weighted by atomic mass is 10.2. The van der Waals surface area contributed by atoms with E-state index in [0.717, 1.165) is 23.3 Å². The molecule has 0 saturated carbocycles. The van der Waals surface area contributed by atoms with Crippen molar-refractivity contribution in [3.63, 3.8) is 0 Å². The molecule has 0 amide bonds. The molecule has 1 aromatic heterocycles. The lowest BCUT2D eigenvalue weighted by Crippen LogP contribution is -2.40. The number of nitrogens with zero attached hydrogens (tertiary/aromatic N) is 4. The Hall–Kier alpha value is -2.93. The monoisotopic (exact) mass is 325 g/mol. The Morgan fingerprint density at radius 2 is 2.00 bits per heavy atom. The minimum atomic E-state index is -0.379. The Bertz CT molecular complexity index is 844. The smallest absolute Gasteiger partial charge is 0.290 e. The van der Waals surface area contributed by atoms with E-state index in [-0.39, 0.29) is 12.0 Å². The standard InChI is InChI=1S/C17H19N5O2/c1-2-9-20-11-13(10-19-17(20)18)7-8-14-12-21(23)15-5-3-4-6-16(15)22(14)24/h3-8,10-12,17H,2,9,18H2,1H3. The van der Waals surface area contributed by atoms with Gasteiger partial charge in [0.25, 0.3) is 22.9 Å². The van der Waals surface area contributed by atoms with Gasteiger partial charge in [0.1, 0.15) is 0 Å². The number of benzene rings is 1. The topological polar surface area (TPSA) is 95.5 Å². The number of aliphatic imine (C=N–C) groups is 1. The van der Waals surface area contributed by atoms with E-state index >= 15 is 0 Å². The van der Waals surface area contributed by atoms with Crippen molar-refractivity contribution in [3.05, 3.63) is 64.4 Å². The Labute approximate surface area is 139 Å². The predicted molar refractivity (Wildman–Crippen MR) is 92.4 cm³/mol. The third kappa shape index (κ3) is 3.07. The molecule has 3 rings (SSSR count). The van der Waals surface area contributed by atoms with Crippen LogP contribution in [0.2, 0.25) is 0 Å². The summed E-state index contributed by atoms with van der Waals surface area (Å²) in [5.74, 6) is 0. The Balaban J connectivity index is 1.92. The van der Waals surface area contributed by atoms with E-state index in [1.165, 1.54) is 6.20 Å². The van der Waals surface area contributed by atoms with E-state index in [0.29, 0.717) is 15.8 Å². The second-order valence-corrected chi connectivity index (χ2v) is 5.55. The van der Waals surface area contributed by atoms with Crippen molar-refractivity contribution < 1.29 is 9.46 Å². The first kappa shape index (κ1) is 15.9. The zero-order chi connectivity index (χ0) is 17.1. The summed E-state index contributed by atoms with van der Waals surface area (Å²) in [6, 6.07) is 6.69. The number of hydrogen-bond acceptors (Lipinski definition) is 5. The van der Waals surface area contributed by atoms with Gasteiger partial charge >= 0.3 is 0 Å². The zero-order valence-electron chi connectivity index (χ0n) is 13.4. The number of rotatable bonds is 4. The third-order valence-electron chi connectivity index (χ3n) is 3.78. The molecule has 7 heteroatoms. The van der Waals surface area contributed by atoms with Crippen LogP contribution in [0.1, 0.15) is 19.0 Å². The van der Waals surface area contributed by atoms with Gasteiger partial charge in [-0.15, -0.1) is 0 Å².